The van der Waals surface area contributed by atoms with Crippen molar-refractivity contribution in [3.63, 3.8) is 0 Å². The molecule has 0 atom stereocenters. The van der Waals surface area contributed by atoms with Crippen LogP contribution in [-0.2, 0) is 5.54 Å². The lowest BCUT2D eigenvalue weighted by molar-refractivity contribution is 0.0653. The van der Waals surface area contributed by atoms with Crippen molar-refractivity contribution in [2.45, 2.75) is 18.4 Å². The number of hydrogen-bond donors (Lipinski definition) is 0. The Labute approximate surface area is 138 Å². The van der Waals surface area contributed by atoms with Crippen molar-refractivity contribution in [2.75, 3.05) is 0 Å². The van der Waals surface area contributed by atoms with Crippen LogP contribution in [0.2, 0.25) is 0 Å². The number of ketones is 1. The fourth-order valence-electron chi connectivity index (χ4n) is 4.31. The van der Waals surface area contributed by atoms with Crippen LogP contribution in [0.3, 0.4) is 0 Å². The summed E-state index contributed by atoms with van der Waals surface area (Å²) >= 11 is 0. The molecule has 1 aliphatic carbocycles. The van der Waals surface area contributed by atoms with Crippen LogP contribution in [0.25, 0.3) is 11.3 Å². The highest BCUT2D eigenvalue weighted by atomic mass is 19.1. The van der Waals surface area contributed by atoms with Gasteiger partial charge in [-0.25, -0.2) is 9.37 Å². The first kappa shape index (κ1) is 13.7. The molecule has 4 heteroatoms. The minimum atomic E-state index is -0.363. The third-order valence-electron chi connectivity index (χ3n) is 5.45. The second kappa shape index (κ2) is 4.63. The van der Waals surface area contributed by atoms with Crippen molar-refractivity contribution < 1.29 is 9.18 Å². The number of aromatic nitrogens is 2. The summed E-state index contributed by atoms with van der Waals surface area (Å²) in [6.45, 7) is 0. The number of Topliss-reactive ketones (excluding diaryl/α,β-unsaturated/α-hetero) is 1. The van der Waals surface area contributed by atoms with E-state index in [1.807, 2.05) is 24.7 Å². The molecule has 1 saturated carbocycles. The Kier molecular flexibility index (Phi) is 2.64. The van der Waals surface area contributed by atoms with Gasteiger partial charge in [0.1, 0.15) is 5.82 Å². The van der Waals surface area contributed by atoms with E-state index in [1.54, 1.807) is 12.1 Å². The molecule has 1 fully saturated rings. The summed E-state index contributed by atoms with van der Waals surface area (Å²) in [6, 6.07) is 14.3. The fourth-order valence-corrected chi connectivity index (χ4v) is 4.31. The molecule has 3 nitrogen and oxygen atoms in total. The molecule has 0 N–H and O–H groups in total. The largest absolute Gasteiger partial charge is 0.320 e. The first-order valence-corrected chi connectivity index (χ1v) is 8.11. The van der Waals surface area contributed by atoms with Crippen LogP contribution < -0.4 is 0 Å². The van der Waals surface area contributed by atoms with E-state index in [0.717, 1.165) is 18.5 Å². The summed E-state index contributed by atoms with van der Waals surface area (Å²) in [5.41, 5.74) is 3.88. The monoisotopic (exact) mass is 318 g/mol. The van der Waals surface area contributed by atoms with Gasteiger partial charge in [-0.05, 0) is 30.5 Å². The van der Waals surface area contributed by atoms with E-state index in [4.69, 9.17) is 0 Å². The lowest BCUT2D eigenvalue weighted by Crippen LogP contribution is -2.48. The quantitative estimate of drug-likeness (QED) is 0.668. The smallest absolute Gasteiger partial charge is 0.166 e. The molecule has 24 heavy (non-hydrogen) atoms. The van der Waals surface area contributed by atoms with Crippen LogP contribution in [0, 0.1) is 11.7 Å². The normalized spacial score (nSPS) is 23.6. The minimum Gasteiger partial charge on any atom is -0.320 e. The number of nitrogens with zero attached hydrogens (tertiary/aromatic N) is 2. The van der Waals surface area contributed by atoms with Gasteiger partial charge < -0.3 is 4.57 Å². The molecule has 2 aliphatic rings. The molecule has 5 rings (SSSR count). The average molecular weight is 318 g/mol. The van der Waals surface area contributed by atoms with E-state index < -0.39 is 0 Å². The highest BCUT2D eigenvalue weighted by molar-refractivity contribution is 5.99. The standard InChI is InChI=1S/C20H15FN2O/c21-15-5-3-4-13(8-15)19(24)14-9-20(10-14)17-7-2-1-6-16(17)18-11-22-12-23(18)20/h1-8,11-12,14H,9-10H2. The van der Waals surface area contributed by atoms with Crippen molar-refractivity contribution in [1.82, 2.24) is 9.55 Å². The summed E-state index contributed by atoms with van der Waals surface area (Å²) in [4.78, 5) is 17.0. The third-order valence-corrected chi connectivity index (χ3v) is 5.45. The van der Waals surface area contributed by atoms with Crippen molar-refractivity contribution in [1.29, 1.82) is 0 Å². The van der Waals surface area contributed by atoms with E-state index in [9.17, 15) is 9.18 Å². The van der Waals surface area contributed by atoms with Gasteiger partial charge in [0.2, 0.25) is 0 Å². The van der Waals surface area contributed by atoms with Gasteiger partial charge in [-0.2, -0.15) is 0 Å². The van der Waals surface area contributed by atoms with Crippen molar-refractivity contribution >= 4 is 5.78 Å². The van der Waals surface area contributed by atoms with Crippen LogP contribution in [0.4, 0.5) is 4.39 Å². The molecule has 1 aliphatic heterocycles. The van der Waals surface area contributed by atoms with Gasteiger partial charge in [0.05, 0.1) is 23.8 Å². The summed E-state index contributed by atoms with van der Waals surface area (Å²) in [7, 11) is 0. The summed E-state index contributed by atoms with van der Waals surface area (Å²) in [6.07, 6.45) is 5.22. The fraction of sp³-hybridized carbons (Fsp3) is 0.200. The molecule has 118 valence electrons. The van der Waals surface area contributed by atoms with Gasteiger partial charge in [0, 0.05) is 17.0 Å². The highest BCUT2D eigenvalue weighted by Crippen LogP contribution is 2.57. The Balaban J connectivity index is 1.50. The van der Waals surface area contributed by atoms with Gasteiger partial charge >= 0.3 is 0 Å². The predicted octanol–water partition coefficient (Wildman–Crippen LogP) is 4.04. The van der Waals surface area contributed by atoms with E-state index >= 15 is 0 Å². The Bertz CT molecular complexity index is 969. The second-order valence-electron chi connectivity index (χ2n) is 6.71. The number of imidazole rings is 1. The molecule has 0 bridgehead atoms. The number of hydrogen-bond acceptors (Lipinski definition) is 2. The average Bonchev–Trinajstić information content (AvgIpc) is 3.12. The molecule has 1 spiro atoms. The van der Waals surface area contributed by atoms with Crippen LogP contribution in [0.15, 0.2) is 61.1 Å². The number of carbonyl (C=O) groups is 1. The van der Waals surface area contributed by atoms with Crippen LogP contribution in [-0.4, -0.2) is 15.3 Å². The zero-order valence-corrected chi connectivity index (χ0v) is 12.9. The number of carbonyl (C=O) groups excluding carboxylic acids is 1. The minimum absolute atomic E-state index is 0.0335. The molecule has 0 unspecified atom stereocenters. The van der Waals surface area contributed by atoms with Gasteiger partial charge in [0.25, 0.3) is 0 Å². The van der Waals surface area contributed by atoms with Crippen LogP contribution >= 0.6 is 0 Å². The Morgan fingerprint density at radius 2 is 2.00 bits per heavy atom. The first-order chi connectivity index (χ1) is 11.7. The Morgan fingerprint density at radius 1 is 1.17 bits per heavy atom. The predicted molar refractivity (Wildman–Crippen MR) is 88.2 cm³/mol. The summed E-state index contributed by atoms with van der Waals surface area (Å²) in [5.74, 6) is -0.405. The lowest BCUT2D eigenvalue weighted by atomic mass is 9.63. The maximum absolute atomic E-state index is 13.4. The molecule has 0 radical (unpaired) electrons. The number of fused-ring (bicyclic) bond motifs is 5. The SMILES string of the molecule is O=C(c1cccc(F)c1)C1CC2(C1)c1ccccc1-c1cncn12. The maximum atomic E-state index is 13.4. The lowest BCUT2D eigenvalue weighted by Gasteiger charge is -2.46. The van der Waals surface area contributed by atoms with Crippen LogP contribution in [0.5, 0.6) is 0 Å². The zero-order chi connectivity index (χ0) is 16.3. The zero-order valence-electron chi connectivity index (χ0n) is 12.9. The Morgan fingerprint density at radius 3 is 2.83 bits per heavy atom. The first-order valence-electron chi connectivity index (χ1n) is 8.11. The van der Waals surface area contributed by atoms with E-state index in [1.165, 1.54) is 23.3 Å². The van der Waals surface area contributed by atoms with Gasteiger partial charge in [-0.15, -0.1) is 0 Å². The molecule has 0 amide bonds. The van der Waals surface area contributed by atoms with E-state index in [-0.39, 0.29) is 23.1 Å². The molecule has 1 aromatic heterocycles. The van der Waals surface area contributed by atoms with Crippen molar-refractivity contribution in [3.8, 4) is 11.3 Å². The molecule has 2 aromatic carbocycles. The second-order valence-corrected chi connectivity index (χ2v) is 6.71. The third kappa shape index (κ3) is 1.65. The molecule has 2 heterocycles. The molecule has 3 aromatic rings. The maximum Gasteiger partial charge on any atom is 0.166 e. The summed E-state index contributed by atoms with van der Waals surface area (Å²) in [5, 5.41) is 0. The number of halogens is 1. The summed E-state index contributed by atoms with van der Waals surface area (Å²) < 4.78 is 15.6. The van der Waals surface area contributed by atoms with Crippen molar-refractivity contribution in [2.24, 2.45) is 5.92 Å². The molecular formula is C20H15FN2O. The van der Waals surface area contributed by atoms with E-state index in [2.05, 4.69) is 21.7 Å². The molecular weight excluding hydrogens is 303 g/mol. The molecule has 0 saturated heterocycles. The Hall–Kier alpha value is -2.75. The van der Waals surface area contributed by atoms with Gasteiger partial charge in [0.15, 0.2) is 5.78 Å². The van der Waals surface area contributed by atoms with Crippen LogP contribution in [0.1, 0.15) is 28.8 Å². The van der Waals surface area contributed by atoms with Gasteiger partial charge in [-0.3, -0.25) is 4.79 Å². The highest BCUT2D eigenvalue weighted by Gasteiger charge is 2.54. The van der Waals surface area contributed by atoms with Crippen molar-refractivity contribution in [3.05, 3.63) is 78.0 Å². The number of rotatable bonds is 2. The number of benzene rings is 2. The van der Waals surface area contributed by atoms with E-state index in [0.29, 0.717) is 5.56 Å². The van der Waals surface area contributed by atoms with Gasteiger partial charge in [-0.1, -0.05) is 36.4 Å². The topological polar surface area (TPSA) is 34.9 Å².